The van der Waals surface area contributed by atoms with E-state index in [0.29, 0.717) is 53.4 Å². The molecule has 2 aliphatic rings. The number of amides is 2. The molecule has 1 aliphatic heterocycles. The Morgan fingerprint density at radius 2 is 1.70 bits per heavy atom. The van der Waals surface area contributed by atoms with Crippen molar-refractivity contribution in [1.82, 2.24) is 14.5 Å². The molecule has 2 aromatic rings. The number of nitrogens with one attached hydrogen (secondary N) is 2. The molecule has 0 aromatic heterocycles. The summed E-state index contributed by atoms with van der Waals surface area (Å²) in [5, 5.41) is 5.70. The molecule has 258 valence electrons. The Balaban J connectivity index is 1.76. The lowest BCUT2D eigenvalue weighted by Gasteiger charge is -2.36. The van der Waals surface area contributed by atoms with E-state index >= 15 is 0 Å². The molecule has 0 radical (unpaired) electrons. The Morgan fingerprint density at radius 1 is 1.02 bits per heavy atom. The van der Waals surface area contributed by atoms with E-state index < -0.39 is 27.4 Å². The smallest absolute Gasteiger partial charge is 0.245 e. The van der Waals surface area contributed by atoms with Crippen LogP contribution in [0.1, 0.15) is 50.8 Å². The highest BCUT2D eigenvalue weighted by Crippen LogP contribution is 2.50. The Bertz CT molecular complexity index is 1640. The number of methoxy groups -OCH3 is 3. The van der Waals surface area contributed by atoms with Gasteiger partial charge in [-0.25, -0.2) is 8.42 Å². The second-order valence-corrected chi connectivity index (χ2v) is 15.4. The number of rotatable bonds is 12. The molecule has 14 heteroatoms. The normalized spacial score (nSPS) is 17.2. The van der Waals surface area contributed by atoms with Gasteiger partial charge >= 0.3 is 0 Å². The van der Waals surface area contributed by atoms with Crippen molar-refractivity contribution < 1.29 is 32.2 Å². The van der Waals surface area contributed by atoms with Crippen LogP contribution in [0, 0.1) is 0 Å². The van der Waals surface area contributed by atoms with E-state index in [9.17, 15) is 22.8 Å². The number of nitrogens with zero attached hydrogens (tertiary/aromatic N) is 2. The average Bonchev–Trinajstić information content (AvgIpc) is 3.29. The van der Waals surface area contributed by atoms with Gasteiger partial charge in [-0.2, -0.15) is 16.1 Å². The number of aryl methyl sites for hydroxylation is 1. The number of carbonyl (C=O) groups excluding carboxylic acids is 2. The van der Waals surface area contributed by atoms with Crippen LogP contribution < -0.4 is 30.3 Å². The molecule has 4 rings (SSSR count). The predicted molar refractivity (Wildman–Crippen MR) is 185 cm³/mol. The predicted octanol–water partition coefficient (Wildman–Crippen LogP) is 3.28. The van der Waals surface area contributed by atoms with Crippen molar-refractivity contribution in [3.63, 3.8) is 0 Å². The number of thioether (sulfide) groups is 1. The van der Waals surface area contributed by atoms with E-state index in [4.69, 9.17) is 14.2 Å². The van der Waals surface area contributed by atoms with Crippen molar-refractivity contribution in [1.29, 1.82) is 0 Å². The van der Waals surface area contributed by atoms with E-state index in [-0.39, 0.29) is 49.1 Å². The monoisotopic (exact) mass is 690 g/mol. The number of benzene rings is 1. The minimum Gasteiger partial charge on any atom is -0.493 e. The van der Waals surface area contributed by atoms with Crippen molar-refractivity contribution >= 4 is 39.3 Å². The first-order valence-electron chi connectivity index (χ1n) is 15.7. The van der Waals surface area contributed by atoms with Crippen molar-refractivity contribution in [2.24, 2.45) is 0 Å². The third kappa shape index (κ3) is 7.81. The van der Waals surface area contributed by atoms with Gasteiger partial charge in [0.1, 0.15) is 6.04 Å². The van der Waals surface area contributed by atoms with Gasteiger partial charge in [-0.1, -0.05) is 6.07 Å². The third-order valence-corrected chi connectivity index (χ3v) is 11.6. The van der Waals surface area contributed by atoms with E-state index in [2.05, 4.69) is 10.6 Å². The molecule has 0 saturated carbocycles. The Hall–Kier alpha value is -3.49. The lowest BCUT2D eigenvalue weighted by atomic mass is 9.95. The summed E-state index contributed by atoms with van der Waals surface area (Å²) in [6.07, 6.45) is 3.51. The van der Waals surface area contributed by atoms with Crippen molar-refractivity contribution in [3.8, 4) is 28.4 Å². The van der Waals surface area contributed by atoms with Gasteiger partial charge in [-0.15, -0.1) is 0 Å². The van der Waals surface area contributed by atoms with Crippen LogP contribution in [0.3, 0.4) is 0 Å². The highest BCUT2D eigenvalue weighted by Gasteiger charge is 2.34. The zero-order chi connectivity index (χ0) is 34.5. The molecular weight excluding hydrogens is 645 g/mol. The molecule has 2 atom stereocenters. The van der Waals surface area contributed by atoms with Gasteiger partial charge in [-0.3, -0.25) is 14.4 Å². The van der Waals surface area contributed by atoms with E-state index in [1.165, 1.54) is 24.4 Å². The zero-order valence-electron chi connectivity index (χ0n) is 28.2. The molecule has 0 unspecified atom stereocenters. The first-order valence-corrected chi connectivity index (χ1v) is 18.6. The fraction of sp³-hybridized carbons (Fsp3) is 0.545. The zero-order valence-corrected chi connectivity index (χ0v) is 29.8. The van der Waals surface area contributed by atoms with Crippen LogP contribution in [0.25, 0.3) is 11.1 Å². The van der Waals surface area contributed by atoms with Gasteiger partial charge in [0, 0.05) is 38.7 Å². The van der Waals surface area contributed by atoms with E-state index in [1.54, 1.807) is 50.8 Å². The summed E-state index contributed by atoms with van der Waals surface area (Å²) in [5.41, 5.74) is 2.86. The molecule has 2 N–H and O–H groups in total. The fourth-order valence-corrected chi connectivity index (χ4v) is 7.93. The summed E-state index contributed by atoms with van der Waals surface area (Å²) in [6.45, 7) is 5.72. The molecule has 0 bridgehead atoms. The largest absolute Gasteiger partial charge is 0.493 e. The summed E-state index contributed by atoms with van der Waals surface area (Å²) >= 11 is 1.59. The standard InChI is InChI=1S/C33H46N4O8S2/c1-20(2)47(41,42)37-15-13-36(14-16-37)33(40)27(12-17-46-7)35-26-11-9-23-24(19-28(26)39)25(34-21(3)38)10-8-22-18-29(43-4)31(44-5)32(45-6)30(22)23/h9,11,18-20,25,27H,8,10,12-17H2,1-7H3,(H,34,38)(H,35,39)/t25-,27-/m1/s1. The maximum atomic E-state index is 13.9. The van der Waals surface area contributed by atoms with Gasteiger partial charge in [0.15, 0.2) is 11.5 Å². The lowest BCUT2D eigenvalue weighted by molar-refractivity contribution is -0.133. The molecular formula is C33H46N4O8S2. The van der Waals surface area contributed by atoms with Gasteiger partial charge < -0.3 is 29.7 Å². The second-order valence-electron chi connectivity index (χ2n) is 11.9. The quantitative estimate of drug-likeness (QED) is 0.341. The summed E-state index contributed by atoms with van der Waals surface area (Å²) < 4.78 is 43.9. The Labute approximate surface area is 281 Å². The Kier molecular flexibility index (Phi) is 12.1. The number of piperazine rings is 1. The van der Waals surface area contributed by atoms with Crippen molar-refractivity contribution in [2.45, 2.75) is 57.4 Å². The summed E-state index contributed by atoms with van der Waals surface area (Å²) in [4.78, 5) is 41.7. The maximum absolute atomic E-state index is 13.9. The van der Waals surface area contributed by atoms with Gasteiger partial charge in [0.2, 0.25) is 33.0 Å². The highest BCUT2D eigenvalue weighted by molar-refractivity contribution is 7.98. The second kappa shape index (κ2) is 15.6. The van der Waals surface area contributed by atoms with Crippen molar-refractivity contribution in [3.05, 3.63) is 45.6 Å². The first-order chi connectivity index (χ1) is 22.4. The minimum absolute atomic E-state index is 0.187. The number of ether oxygens (including phenoxy) is 3. The summed E-state index contributed by atoms with van der Waals surface area (Å²) in [5.74, 6) is 1.63. The molecule has 1 aliphatic carbocycles. The maximum Gasteiger partial charge on any atom is 0.245 e. The first kappa shape index (κ1) is 36.3. The number of hydrogen-bond donors (Lipinski definition) is 2. The molecule has 47 heavy (non-hydrogen) atoms. The van der Waals surface area contributed by atoms with Crippen LogP contribution in [-0.2, 0) is 26.0 Å². The fourth-order valence-electron chi connectivity index (χ4n) is 6.19. The highest BCUT2D eigenvalue weighted by atomic mass is 32.2. The SMILES string of the molecule is COc1cc2c(c(OC)c1OC)-c1ccc(N[C@H](CCSC)C(=O)N3CCN(S(=O)(=O)C(C)C)CC3)c(=O)cc1[C@H](NC(C)=O)CC2. The number of fused-ring (bicyclic) bond motifs is 3. The molecule has 1 fully saturated rings. The van der Waals surface area contributed by atoms with Crippen LogP contribution in [0.4, 0.5) is 5.69 Å². The molecule has 12 nitrogen and oxygen atoms in total. The van der Waals surface area contributed by atoms with Crippen LogP contribution in [0.2, 0.25) is 0 Å². The Morgan fingerprint density at radius 3 is 2.28 bits per heavy atom. The molecule has 0 spiro atoms. The number of carbonyl (C=O) groups is 2. The van der Waals surface area contributed by atoms with Gasteiger partial charge in [0.05, 0.1) is 38.3 Å². The van der Waals surface area contributed by atoms with Gasteiger partial charge in [0.25, 0.3) is 0 Å². The van der Waals surface area contributed by atoms with Gasteiger partial charge in [-0.05, 0) is 80.0 Å². The molecule has 2 amide bonds. The molecule has 1 heterocycles. The number of hydrogen-bond acceptors (Lipinski definition) is 10. The third-order valence-electron chi connectivity index (χ3n) is 8.66. The topological polar surface area (TPSA) is 144 Å². The van der Waals surface area contributed by atoms with Crippen molar-refractivity contribution in [2.75, 3.05) is 64.8 Å². The lowest BCUT2D eigenvalue weighted by Crippen LogP contribution is -2.55. The minimum atomic E-state index is -3.42. The van der Waals surface area contributed by atoms with Crippen LogP contribution in [0.5, 0.6) is 17.2 Å². The molecule has 1 saturated heterocycles. The van der Waals surface area contributed by atoms with E-state index in [0.717, 1.165) is 11.1 Å². The number of anilines is 1. The number of sulfonamides is 1. The average molecular weight is 691 g/mol. The van der Waals surface area contributed by atoms with Crippen LogP contribution >= 0.6 is 11.8 Å². The summed E-state index contributed by atoms with van der Waals surface area (Å²) in [7, 11) is 1.21. The summed E-state index contributed by atoms with van der Waals surface area (Å²) in [6, 6.07) is 5.74. The van der Waals surface area contributed by atoms with E-state index in [1.807, 2.05) is 18.4 Å². The molecule has 2 aromatic carbocycles. The van der Waals surface area contributed by atoms with Crippen LogP contribution in [-0.4, -0.2) is 100 Å². The van der Waals surface area contributed by atoms with Crippen LogP contribution in [0.15, 0.2) is 29.1 Å².